The maximum atomic E-state index is 13.0. The largest absolute Gasteiger partial charge is 0.335 e. The first-order chi connectivity index (χ1) is 12.6. The molecule has 1 aromatic heterocycles. The quantitative estimate of drug-likeness (QED) is 0.740. The van der Waals surface area contributed by atoms with Crippen LogP contribution in [0.25, 0.3) is 0 Å². The zero-order chi connectivity index (χ0) is 18.5. The van der Waals surface area contributed by atoms with Gasteiger partial charge in [0.15, 0.2) is 0 Å². The van der Waals surface area contributed by atoms with Gasteiger partial charge >= 0.3 is 0 Å². The highest BCUT2D eigenvalue weighted by atomic mass is 16.1. The summed E-state index contributed by atoms with van der Waals surface area (Å²) in [6, 6.07) is 14.2. The van der Waals surface area contributed by atoms with E-state index in [1.807, 2.05) is 44.2 Å². The van der Waals surface area contributed by atoms with E-state index in [1.165, 1.54) is 5.56 Å². The molecule has 0 aliphatic rings. The van der Waals surface area contributed by atoms with Gasteiger partial charge in [0.05, 0.1) is 5.92 Å². The third-order valence-electron chi connectivity index (χ3n) is 4.48. The predicted octanol–water partition coefficient (Wildman–Crippen LogP) is 2.97. The second-order valence-electron chi connectivity index (χ2n) is 6.47. The fraction of sp³-hybridized carbons (Fsp3) is 0.300. The van der Waals surface area contributed by atoms with Crippen molar-refractivity contribution in [1.29, 1.82) is 0 Å². The summed E-state index contributed by atoms with van der Waals surface area (Å²) in [5.74, 6) is -0.363. The molecule has 3 aromatic rings. The molecule has 0 aliphatic heterocycles. The molecule has 6 nitrogen and oxygen atoms in total. The van der Waals surface area contributed by atoms with Crippen LogP contribution in [0.4, 0.5) is 5.69 Å². The van der Waals surface area contributed by atoms with Crippen molar-refractivity contribution < 1.29 is 4.79 Å². The van der Waals surface area contributed by atoms with Crippen molar-refractivity contribution >= 4 is 11.6 Å². The number of aryl methyl sites for hydroxylation is 3. The lowest BCUT2D eigenvalue weighted by Gasteiger charge is -2.18. The molecule has 0 radical (unpaired) electrons. The maximum Gasteiger partial charge on any atom is 0.232 e. The monoisotopic (exact) mass is 348 g/mol. The van der Waals surface area contributed by atoms with Crippen molar-refractivity contribution in [3.8, 4) is 0 Å². The Morgan fingerprint density at radius 1 is 1.12 bits per heavy atom. The molecule has 6 heteroatoms. The van der Waals surface area contributed by atoms with Crippen LogP contribution >= 0.6 is 0 Å². The van der Waals surface area contributed by atoms with Crippen molar-refractivity contribution in [2.24, 2.45) is 0 Å². The van der Waals surface area contributed by atoms with Crippen LogP contribution in [0.5, 0.6) is 0 Å². The maximum absolute atomic E-state index is 13.0. The molecule has 0 saturated carbocycles. The minimum Gasteiger partial charge on any atom is -0.335 e. The van der Waals surface area contributed by atoms with E-state index in [1.54, 1.807) is 0 Å². The summed E-state index contributed by atoms with van der Waals surface area (Å²) in [6.07, 6.45) is 1.48. The highest BCUT2D eigenvalue weighted by Crippen LogP contribution is 2.22. The van der Waals surface area contributed by atoms with Crippen molar-refractivity contribution in [3.63, 3.8) is 0 Å². The molecular weight excluding hydrogens is 326 g/mol. The normalized spacial score (nSPS) is 12.0. The number of benzene rings is 2. The molecule has 1 heterocycles. The second-order valence-corrected chi connectivity index (χ2v) is 6.47. The van der Waals surface area contributed by atoms with Gasteiger partial charge in [-0.1, -0.05) is 43.3 Å². The number of rotatable bonds is 6. The highest BCUT2D eigenvalue weighted by molar-refractivity contribution is 5.96. The Balaban J connectivity index is 1.83. The molecule has 1 N–H and O–H groups in total. The molecule has 1 atom stereocenters. The van der Waals surface area contributed by atoms with Gasteiger partial charge in [0.2, 0.25) is 5.91 Å². The number of tetrazole rings is 1. The number of hydrogen-bond acceptors (Lipinski definition) is 4. The van der Waals surface area contributed by atoms with Gasteiger partial charge in [0.25, 0.3) is 0 Å². The molecule has 3 rings (SSSR count). The van der Waals surface area contributed by atoms with Crippen LogP contribution in [-0.4, -0.2) is 21.4 Å². The van der Waals surface area contributed by atoms with Gasteiger partial charge in [-0.2, -0.15) is 5.21 Å². The summed E-state index contributed by atoms with van der Waals surface area (Å²) in [4.78, 5) is 13.0. The van der Waals surface area contributed by atoms with Gasteiger partial charge < -0.3 is 10.4 Å². The van der Waals surface area contributed by atoms with Crippen molar-refractivity contribution in [1.82, 2.24) is 20.6 Å². The molecule has 2 aromatic carbocycles. The molecule has 0 aliphatic carbocycles. The zero-order valence-electron chi connectivity index (χ0n) is 15.2. The minimum absolute atomic E-state index is 0.159. The lowest BCUT2D eigenvalue weighted by Crippen LogP contribution is -2.25. The molecule has 26 heavy (non-hydrogen) atoms. The Morgan fingerprint density at radius 2 is 1.85 bits per heavy atom. The van der Waals surface area contributed by atoms with E-state index in [0.717, 1.165) is 28.8 Å². The van der Waals surface area contributed by atoms with Gasteiger partial charge in [0.1, 0.15) is 0 Å². The number of nitrogens with zero attached hydrogens (tertiary/aromatic N) is 4. The summed E-state index contributed by atoms with van der Waals surface area (Å²) in [7, 11) is 0. The van der Waals surface area contributed by atoms with Gasteiger partial charge in [-0.15, -0.1) is 0 Å². The summed E-state index contributed by atoms with van der Waals surface area (Å²) in [6.45, 7) is 6.08. The first-order valence-electron chi connectivity index (χ1n) is 8.71. The lowest BCUT2D eigenvalue weighted by molar-refractivity contribution is -0.117. The van der Waals surface area contributed by atoms with E-state index in [2.05, 4.69) is 45.0 Å². The van der Waals surface area contributed by atoms with E-state index >= 15 is 0 Å². The fourth-order valence-electron chi connectivity index (χ4n) is 2.83. The third kappa shape index (κ3) is 4.14. The number of anilines is 1. The van der Waals surface area contributed by atoms with Gasteiger partial charge in [-0.25, -0.2) is 0 Å². The number of aromatic nitrogens is 4. The number of carbonyl (C=O) groups excluding carboxylic acids is 1. The molecule has 0 spiro atoms. The zero-order valence-corrected chi connectivity index (χ0v) is 15.2. The van der Waals surface area contributed by atoms with Crippen LogP contribution in [0.2, 0.25) is 0 Å². The number of amides is 1. The van der Waals surface area contributed by atoms with E-state index in [0.29, 0.717) is 12.2 Å². The first-order valence-corrected chi connectivity index (χ1v) is 8.71. The summed E-state index contributed by atoms with van der Waals surface area (Å²) >= 11 is 0. The Kier molecular flexibility index (Phi) is 5.41. The third-order valence-corrected chi connectivity index (χ3v) is 4.48. The molecule has 0 bridgehead atoms. The molecular formula is C20H22N5O-. The van der Waals surface area contributed by atoms with Crippen LogP contribution in [-0.2, 0) is 17.6 Å². The fourth-order valence-corrected chi connectivity index (χ4v) is 2.83. The number of nitrogens with one attached hydrogen (secondary N) is 1. The van der Waals surface area contributed by atoms with Crippen molar-refractivity contribution in [3.05, 3.63) is 70.5 Å². The highest BCUT2D eigenvalue weighted by Gasteiger charge is 2.21. The van der Waals surface area contributed by atoms with Crippen molar-refractivity contribution in [2.45, 2.75) is 39.5 Å². The van der Waals surface area contributed by atoms with Crippen molar-refractivity contribution in [2.75, 3.05) is 5.32 Å². The Labute approximate surface area is 153 Å². The topological polar surface area (TPSA) is 81.9 Å². The summed E-state index contributed by atoms with van der Waals surface area (Å²) in [5.41, 5.74) is 5.21. The molecule has 134 valence electrons. The van der Waals surface area contributed by atoms with Crippen LogP contribution in [0.1, 0.15) is 40.9 Å². The molecule has 1 amide bonds. The Hall–Kier alpha value is -3.02. The summed E-state index contributed by atoms with van der Waals surface area (Å²) < 4.78 is 0. The van der Waals surface area contributed by atoms with Gasteiger partial charge in [0, 0.05) is 11.5 Å². The van der Waals surface area contributed by atoms with E-state index < -0.39 is 5.92 Å². The Bertz CT molecular complexity index is 872. The van der Waals surface area contributed by atoms with Crippen LogP contribution in [0, 0.1) is 13.8 Å². The Morgan fingerprint density at radius 3 is 2.50 bits per heavy atom. The van der Waals surface area contributed by atoms with Crippen LogP contribution in [0.15, 0.2) is 42.5 Å². The number of hydrogen-bond donors (Lipinski definition) is 1. The second kappa shape index (κ2) is 7.91. The average Bonchev–Trinajstić information content (AvgIpc) is 3.17. The molecule has 0 saturated heterocycles. The van der Waals surface area contributed by atoms with Crippen LogP contribution < -0.4 is 10.4 Å². The molecule has 0 unspecified atom stereocenters. The standard InChI is InChI=1S/C20H23N5O/c1-4-15-7-9-16(10-8-15)12-17(19-22-24-25-23-19)20(26)21-18-11-13(2)5-6-14(18)3/h5-11,17H,4,12H2,1-3H3,(H2,21,22,23,24,25,26)/p-1/t17-/m0/s1. The number of carbonyl (C=O) groups is 1. The smallest absolute Gasteiger partial charge is 0.232 e. The van der Waals surface area contributed by atoms with Gasteiger partial charge in [-0.05, 0) is 55.0 Å². The van der Waals surface area contributed by atoms with E-state index in [9.17, 15) is 4.79 Å². The first kappa shape index (κ1) is 17.8. The molecule has 0 fully saturated rings. The van der Waals surface area contributed by atoms with Crippen LogP contribution in [0.3, 0.4) is 0 Å². The predicted molar refractivity (Wildman–Crippen MR) is 100.0 cm³/mol. The lowest BCUT2D eigenvalue weighted by atomic mass is 9.96. The van der Waals surface area contributed by atoms with E-state index in [-0.39, 0.29) is 5.91 Å². The summed E-state index contributed by atoms with van der Waals surface area (Å²) in [5, 5.41) is 17.9. The van der Waals surface area contributed by atoms with E-state index in [4.69, 9.17) is 0 Å². The van der Waals surface area contributed by atoms with Gasteiger partial charge in [-0.3, -0.25) is 15.1 Å². The SMILES string of the molecule is CCc1ccc(C[C@H](C(=O)Nc2cc(C)ccc2C)c2nnn[n-]2)cc1. The average molecular weight is 348 g/mol. The minimum atomic E-state index is -0.544.